The molecule has 8 nitrogen and oxygen atoms in total. The Balaban J connectivity index is 1.26. The second-order valence-electron chi connectivity index (χ2n) is 8.92. The lowest BCUT2D eigenvalue weighted by molar-refractivity contribution is 0.0433. The molecule has 0 atom stereocenters. The van der Waals surface area contributed by atoms with Gasteiger partial charge in [0.1, 0.15) is 17.6 Å². The Morgan fingerprint density at radius 1 is 0.857 bits per heavy atom. The monoisotopic (exact) mass is 502 g/mol. The van der Waals surface area contributed by atoms with Crippen molar-refractivity contribution in [2.24, 2.45) is 0 Å². The van der Waals surface area contributed by atoms with Crippen molar-refractivity contribution < 1.29 is 27.4 Å². The number of hydrogen-bond donors (Lipinski definition) is 0. The van der Waals surface area contributed by atoms with Crippen LogP contribution in [0.5, 0.6) is 11.5 Å². The van der Waals surface area contributed by atoms with Crippen LogP contribution in [-0.2, 0) is 14.6 Å². The SMILES string of the molecule is CCOC(=O)N1CCC(N2CCC(Oc3ccc(S(=O)(=O)c4ccc(OC)cc4)cc3)CC2)CC1. The van der Waals surface area contributed by atoms with Crippen LogP contribution in [0.2, 0.25) is 0 Å². The number of rotatable bonds is 7. The minimum absolute atomic E-state index is 0.106. The minimum atomic E-state index is -3.60. The van der Waals surface area contributed by atoms with Crippen molar-refractivity contribution in [2.75, 3.05) is 39.9 Å². The maximum absolute atomic E-state index is 12.9. The highest BCUT2D eigenvalue weighted by molar-refractivity contribution is 7.91. The predicted molar refractivity (Wildman–Crippen MR) is 132 cm³/mol. The van der Waals surface area contributed by atoms with E-state index in [1.807, 2.05) is 6.92 Å². The zero-order valence-corrected chi connectivity index (χ0v) is 21.2. The van der Waals surface area contributed by atoms with E-state index in [1.54, 1.807) is 60.5 Å². The topological polar surface area (TPSA) is 85.4 Å². The fourth-order valence-corrected chi connectivity index (χ4v) is 6.03. The molecule has 0 aromatic heterocycles. The normalized spacial score (nSPS) is 18.3. The van der Waals surface area contributed by atoms with Crippen molar-refractivity contribution in [1.29, 1.82) is 0 Å². The van der Waals surface area contributed by atoms with Crippen LogP contribution in [0.25, 0.3) is 0 Å². The number of amides is 1. The van der Waals surface area contributed by atoms with Crippen LogP contribution < -0.4 is 9.47 Å². The molecule has 2 aliphatic rings. The maximum Gasteiger partial charge on any atom is 0.409 e. The van der Waals surface area contributed by atoms with Gasteiger partial charge in [0, 0.05) is 32.2 Å². The molecule has 2 aliphatic heterocycles. The molecule has 35 heavy (non-hydrogen) atoms. The molecule has 0 N–H and O–H groups in total. The molecule has 2 fully saturated rings. The van der Waals surface area contributed by atoms with Gasteiger partial charge in [-0.1, -0.05) is 0 Å². The first-order valence-electron chi connectivity index (χ1n) is 12.2. The van der Waals surface area contributed by atoms with Gasteiger partial charge in [-0.2, -0.15) is 0 Å². The fourth-order valence-electron chi connectivity index (χ4n) is 4.77. The average Bonchev–Trinajstić information content (AvgIpc) is 2.90. The summed E-state index contributed by atoms with van der Waals surface area (Å²) in [7, 11) is -2.05. The van der Waals surface area contributed by atoms with Crippen molar-refractivity contribution in [3.63, 3.8) is 0 Å². The smallest absolute Gasteiger partial charge is 0.409 e. The van der Waals surface area contributed by atoms with Crippen molar-refractivity contribution in [1.82, 2.24) is 9.80 Å². The Morgan fingerprint density at radius 3 is 1.91 bits per heavy atom. The molecule has 0 saturated carbocycles. The number of likely N-dealkylation sites (tertiary alicyclic amines) is 2. The van der Waals surface area contributed by atoms with Crippen molar-refractivity contribution in [3.8, 4) is 11.5 Å². The minimum Gasteiger partial charge on any atom is -0.497 e. The molecule has 2 saturated heterocycles. The number of methoxy groups -OCH3 is 1. The molecule has 2 aromatic rings. The first-order chi connectivity index (χ1) is 16.9. The van der Waals surface area contributed by atoms with E-state index in [9.17, 15) is 13.2 Å². The lowest BCUT2D eigenvalue weighted by atomic mass is 9.99. The van der Waals surface area contributed by atoms with Crippen LogP contribution in [0.15, 0.2) is 58.3 Å². The van der Waals surface area contributed by atoms with E-state index in [1.165, 1.54) is 0 Å². The summed E-state index contributed by atoms with van der Waals surface area (Å²) in [6.07, 6.45) is 3.67. The number of hydrogen-bond acceptors (Lipinski definition) is 7. The van der Waals surface area contributed by atoms with Gasteiger partial charge in [0.25, 0.3) is 0 Å². The standard InChI is InChI=1S/C26H34N2O6S/c1-3-33-26(29)28-16-12-20(13-17-28)27-18-14-23(15-19-27)34-22-6-10-25(11-7-22)35(30,31)24-8-4-21(32-2)5-9-24/h4-11,20,23H,3,12-19H2,1-2H3. The van der Waals surface area contributed by atoms with Crippen molar-refractivity contribution in [2.45, 2.75) is 54.5 Å². The molecule has 0 spiro atoms. The number of ether oxygens (including phenoxy) is 3. The zero-order valence-electron chi connectivity index (χ0n) is 20.4. The van der Waals surface area contributed by atoms with Gasteiger partial charge in [0.05, 0.1) is 23.5 Å². The number of carbonyl (C=O) groups is 1. The Labute approximate surface area is 207 Å². The number of nitrogens with zero attached hydrogens (tertiary/aromatic N) is 2. The molecule has 0 unspecified atom stereocenters. The van der Waals surface area contributed by atoms with Gasteiger partial charge in [-0.15, -0.1) is 0 Å². The second kappa shape index (κ2) is 11.3. The van der Waals surface area contributed by atoms with E-state index in [0.717, 1.165) is 51.9 Å². The molecule has 4 rings (SSSR count). The molecule has 9 heteroatoms. The summed E-state index contributed by atoms with van der Waals surface area (Å²) < 4.78 is 42.2. The molecule has 0 bridgehead atoms. The summed E-state index contributed by atoms with van der Waals surface area (Å²) in [5, 5.41) is 0. The lowest BCUT2D eigenvalue weighted by Gasteiger charge is -2.41. The molecule has 2 heterocycles. The molecular formula is C26H34N2O6S. The summed E-state index contributed by atoms with van der Waals surface area (Å²) in [6, 6.07) is 13.5. The molecular weight excluding hydrogens is 468 g/mol. The van der Waals surface area contributed by atoms with Gasteiger partial charge in [0.2, 0.25) is 9.84 Å². The van der Waals surface area contributed by atoms with E-state index in [0.29, 0.717) is 24.1 Å². The first-order valence-corrected chi connectivity index (χ1v) is 13.7. The quantitative estimate of drug-likeness (QED) is 0.566. The largest absolute Gasteiger partial charge is 0.497 e. The molecule has 0 radical (unpaired) electrons. The van der Waals surface area contributed by atoms with Gasteiger partial charge < -0.3 is 19.1 Å². The Kier molecular flexibility index (Phi) is 8.18. The van der Waals surface area contributed by atoms with Gasteiger partial charge in [-0.3, -0.25) is 4.90 Å². The average molecular weight is 503 g/mol. The summed E-state index contributed by atoms with van der Waals surface area (Å²) in [5.41, 5.74) is 0. The second-order valence-corrected chi connectivity index (χ2v) is 10.9. The number of sulfone groups is 1. The van der Waals surface area contributed by atoms with Crippen molar-refractivity contribution >= 4 is 15.9 Å². The van der Waals surface area contributed by atoms with Crippen LogP contribution in [0.3, 0.4) is 0 Å². The highest BCUT2D eigenvalue weighted by Gasteiger charge is 2.30. The van der Waals surface area contributed by atoms with Crippen molar-refractivity contribution in [3.05, 3.63) is 48.5 Å². The third-order valence-electron chi connectivity index (χ3n) is 6.79. The third kappa shape index (κ3) is 6.08. The fraction of sp³-hybridized carbons (Fsp3) is 0.500. The Bertz CT molecular complexity index is 1070. The van der Waals surface area contributed by atoms with E-state index in [4.69, 9.17) is 14.2 Å². The summed E-state index contributed by atoms with van der Waals surface area (Å²) in [6.45, 7) is 5.64. The van der Waals surface area contributed by atoms with Gasteiger partial charge in [-0.25, -0.2) is 13.2 Å². The van der Waals surface area contributed by atoms with E-state index < -0.39 is 9.84 Å². The first kappa shape index (κ1) is 25.3. The van der Waals surface area contributed by atoms with Gasteiger partial charge in [0.15, 0.2) is 0 Å². The highest BCUT2D eigenvalue weighted by Crippen LogP contribution is 2.27. The van der Waals surface area contributed by atoms with Crippen LogP contribution in [0, 0.1) is 0 Å². The van der Waals surface area contributed by atoms with Gasteiger partial charge in [-0.05, 0) is 81.1 Å². The summed E-state index contributed by atoms with van der Waals surface area (Å²) >= 11 is 0. The van der Waals surface area contributed by atoms with E-state index in [-0.39, 0.29) is 22.0 Å². The Morgan fingerprint density at radius 2 is 1.40 bits per heavy atom. The maximum atomic E-state index is 12.9. The molecule has 1 amide bonds. The molecule has 2 aromatic carbocycles. The molecule has 0 aliphatic carbocycles. The van der Waals surface area contributed by atoms with Gasteiger partial charge >= 0.3 is 6.09 Å². The zero-order chi connectivity index (χ0) is 24.8. The lowest BCUT2D eigenvalue weighted by Crippen LogP contribution is -2.50. The highest BCUT2D eigenvalue weighted by atomic mass is 32.2. The Hall–Kier alpha value is -2.78. The summed E-state index contributed by atoms with van der Waals surface area (Å²) in [5.74, 6) is 1.29. The third-order valence-corrected chi connectivity index (χ3v) is 8.58. The number of carbonyl (C=O) groups excluding carboxylic acids is 1. The summed E-state index contributed by atoms with van der Waals surface area (Å²) in [4.78, 5) is 16.7. The van der Waals surface area contributed by atoms with Crippen LogP contribution in [0.4, 0.5) is 4.79 Å². The number of piperidine rings is 2. The van der Waals surface area contributed by atoms with Crippen LogP contribution >= 0.6 is 0 Å². The van der Waals surface area contributed by atoms with Crippen LogP contribution in [0.1, 0.15) is 32.6 Å². The van der Waals surface area contributed by atoms with E-state index in [2.05, 4.69) is 4.90 Å². The predicted octanol–water partition coefficient (Wildman–Crippen LogP) is 3.99. The number of benzene rings is 2. The molecule has 190 valence electrons. The van der Waals surface area contributed by atoms with E-state index >= 15 is 0 Å². The van der Waals surface area contributed by atoms with Crippen LogP contribution in [-0.4, -0.2) is 76.4 Å².